The zero-order chi connectivity index (χ0) is 16.7. The van der Waals surface area contributed by atoms with Gasteiger partial charge in [0.15, 0.2) is 0 Å². The van der Waals surface area contributed by atoms with Crippen LogP contribution in [-0.4, -0.2) is 50.0 Å². The summed E-state index contributed by atoms with van der Waals surface area (Å²) < 4.78 is 5.51. The second-order valence-corrected chi connectivity index (χ2v) is 5.67. The Kier molecular flexibility index (Phi) is 6.40. The van der Waals surface area contributed by atoms with Crippen LogP contribution in [-0.2, 0) is 9.59 Å². The van der Waals surface area contributed by atoms with Gasteiger partial charge in [0.1, 0.15) is 5.75 Å². The van der Waals surface area contributed by atoms with Crippen molar-refractivity contribution in [3.63, 3.8) is 0 Å². The number of likely N-dealkylation sites (tertiary alicyclic amines) is 1. The van der Waals surface area contributed by atoms with Gasteiger partial charge in [0.2, 0.25) is 11.8 Å². The molecule has 0 saturated carbocycles. The number of para-hydroxylation sites is 2. The summed E-state index contributed by atoms with van der Waals surface area (Å²) in [6.07, 6.45) is 1.81. The molecule has 1 fully saturated rings. The Morgan fingerprint density at radius 1 is 1.35 bits per heavy atom. The number of benzene rings is 1. The molecule has 0 spiro atoms. The molecule has 2 amide bonds. The predicted molar refractivity (Wildman–Crippen MR) is 89.5 cm³/mol. The lowest BCUT2D eigenvalue weighted by Crippen LogP contribution is -2.44. The minimum absolute atomic E-state index is 0.0303. The molecule has 0 aliphatic carbocycles. The third-order valence-corrected chi connectivity index (χ3v) is 3.95. The Morgan fingerprint density at radius 2 is 2.13 bits per heavy atom. The monoisotopic (exact) mass is 319 g/mol. The van der Waals surface area contributed by atoms with E-state index in [0.717, 1.165) is 19.4 Å². The molecule has 1 unspecified atom stereocenters. The number of nitrogens with one attached hydrogen (secondary N) is 2. The fraction of sp³-hybridized carbons (Fsp3) is 0.529. The lowest BCUT2D eigenvalue weighted by molar-refractivity contribution is -0.127. The minimum Gasteiger partial charge on any atom is -0.492 e. The lowest BCUT2D eigenvalue weighted by atomic mass is 9.97. The van der Waals surface area contributed by atoms with E-state index in [9.17, 15) is 9.59 Å². The van der Waals surface area contributed by atoms with Crippen LogP contribution in [0.3, 0.4) is 0 Å². The van der Waals surface area contributed by atoms with Gasteiger partial charge in [-0.05, 0) is 38.4 Å². The molecule has 23 heavy (non-hydrogen) atoms. The summed E-state index contributed by atoms with van der Waals surface area (Å²) in [5.41, 5.74) is 0.680. The highest BCUT2D eigenvalue weighted by Gasteiger charge is 2.26. The topological polar surface area (TPSA) is 70.7 Å². The van der Waals surface area contributed by atoms with E-state index in [0.29, 0.717) is 24.6 Å². The van der Waals surface area contributed by atoms with Crippen LogP contribution in [0.1, 0.15) is 19.8 Å². The summed E-state index contributed by atoms with van der Waals surface area (Å²) in [4.78, 5) is 26.1. The molecular formula is C17H25N3O3. The number of carbonyl (C=O) groups excluding carboxylic acids is 2. The van der Waals surface area contributed by atoms with Crippen LogP contribution in [0.4, 0.5) is 5.69 Å². The largest absolute Gasteiger partial charge is 0.492 e. The van der Waals surface area contributed by atoms with Gasteiger partial charge in [-0.25, -0.2) is 0 Å². The zero-order valence-electron chi connectivity index (χ0n) is 13.8. The number of carbonyl (C=O) groups is 2. The van der Waals surface area contributed by atoms with Crippen molar-refractivity contribution in [1.82, 2.24) is 10.2 Å². The Labute approximate surface area is 137 Å². The maximum absolute atomic E-state index is 12.3. The van der Waals surface area contributed by atoms with Crippen molar-refractivity contribution < 1.29 is 14.3 Å². The second kappa shape index (κ2) is 8.53. The molecule has 0 aromatic heterocycles. The first-order valence-electron chi connectivity index (χ1n) is 8.09. The number of hydrogen-bond acceptors (Lipinski definition) is 4. The van der Waals surface area contributed by atoms with Crippen molar-refractivity contribution in [1.29, 1.82) is 0 Å². The van der Waals surface area contributed by atoms with Crippen molar-refractivity contribution in [2.45, 2.75) is 19.8 Å². The van der Waals surface area contributed by atoms with Gasteiger partial charge in [-0.3, -0.25) is 14.5 Å². The maximum Gasteiger partial charge on any atom is 0.238 e. The second-order valence-electron chi connectivity index (χ2n) is 5.67. The highest BCUT2D eigenvalue weighted by molar-refractivity contribution is 5.93. The van der Waals surface area contributed by atoms with Crippen LogP contribution in [0.15, 0.2) is 24.3 Å². The Bertz CT molecular complexity index is 548. The SMILES string of the molecule is CCOc1ccccc1NC(=O)CN1CCCC(C(=O)NC)C1. The normalized spacial score (nSPS) is 18.3. The van der Waals surface area contributed by atoms with E-state index in [2.05, 4.69) is 10.6 Å². The van der Waals surface area contributed by atoms with Crippen molar-refractivity contribution in [3.05, 3.63) is 24.3 Å². The minimum atomic E-state index is -0.0882. The molecule has 126 valence electrons. The highest BCUT2D eigenvalue weighted by Crippen LogP contribution is 2.24. The quantitative estimate of drug-likeness (QED) is 0.833. The molecule has 1 heterocycles. The van der Waals surface area contributed by atoms with E-state index in [1.54, 1.807) is 7.05 Å². The lowest BCUT2D eigenvalue weighted by Gasteiger charge is -2.31. The van der Waals surface area contributed by atoms with E-state index >= 15 is 0 Å². The molecule has 2 rings (SSSR count). The smallest absolute Gasteiger partial charge is 0.238 e. The fourth-order valence-electron chi connectivity index (χ4n) is 2.86. The van der Waals surface area contributed by atoms with Gasteiger partial charge in [-0.2, -0.15) is 0 Å². The summed E-state index contributed by atoms with van der Waals surface area (Å²) in [5, 5.41) is 5.58. The van der Waals surface area contributed by atoms with E-state index in [-0.39, 0.29) is 24.3 Å². The molecule has 1 aliphatic rings. The van der Waals surface area contributed by atoms with Gasteiger partial charge < -0.3 is 15.4 Å². The van der Waals surface area contributed by atoms with Crippen LogP contribution in [0.5, 0.6) is 5.75 Å². The molecule has 1 aromatic carbocycles. The predicted octanol–water partition coefficient (Wildman–Crippen LogP) is 1.48. The molecular weight excluding hydrogens is 294 g/mol. The van der Waals surface area contributed by atoms with Crippen LogP contribution >= 0.6 is 0 Å². The van der Waals surface area contributed by atoms with Crippen LogP contribution < -0.4 is 15.4 Å². The maximum atomic E-state index is 12.3. The zero-order valence-corrected chi connectivity index (χ0v) is 13.8. The Hall–Kier alpha value is -2.08. The summed E-state index contributed by atoms with van der Waals surface area (Å²) in [7, 11) is 1.65. The Morgan fingerprint density at radius 3 is 2.87 bits per heavy atom. The van der Waals surface area contributed by atoms with Crippen molar-refractivity contribution in [2.75, 3.05) is 38.6 Å². The summed E-state index contributed by atoms with van der Waals surface area (Å²) in [6, 6.07) is 7.40. The van der Waals surface area contributed by atoms with E-state index in [4.69, 9.17) is 4.74 Å². The molecule has 2 N–H and O–H groups in total. The van der Waals surface area contributed by atoms with Crippen molar-refractivity contribution in [2.24, 2.45) is 5.92 Å². The third kappa shape index (κ3) is 4.96. The summed E-state index contributed by atoms with van der Waals surface area (Å²) in [6.45, 7) is 4.21. The summed E-state index contributed by atoms with van der Waals surface area (Å²) in [5.74, 6) is 0.606. The molecule has 0 bridgehead atoms. The highest BCUT2D eigenvalue weighted by atomic mass is 16.5. The van der Waals surface area contributed by atoms with Crippen LogP contribution in [0, 0.1) is 5.92 Å². The molecule has 6 nitrogen and oxygen atoms in total. The number of piperidine rings is 1. The van der Waals surface area contributed by atoms with Crippen molar-refractivity contribution in [3.8, 4) is 5.75 Å². The van der Waals surface area contributed by atoms with E-state index in [1.807, 2.05) is 36.1 Å². The van der Waals surface area contributed by atoms with E-state index < -0.39 is 0 Å². The van der Waals surface area contributed by atoms with Gasteiger partial charge in [-0.1, -0.05) is 12.1 Å². The number of hydrogen-bond donors (Lipinski definition) is 2. The first kappa shape index (κ1) is 17.3. The third-order valence-electron chi connectivity index (χ3n) is 3.95. The van der Waals surface area contributed by atoms with Gasteiger partial charge in [-0.15, -0.1) is 0 Å². The molecule has 1 aromatic rings. The van der Waals surface area contributed by atoms with Gasteiger partial charge in [0, 0.05) is 13.6 Å². The number of rotatable bonds is 6. The molecule has 1 aliphatic heterocycles. The molecule has 1 saturated heterocycles. The number of nitrogens with zero attached hydrogens (tertiary/aromatic N) is 1. The number of amides is 2. The van der Waals surface area contributed by atoms with Gasteiger partial charge in [0.05, 0.1) is 24.8 Å². The van der Waals surface area contributed by atoms with Gasteiger partial charge >= 0.3 is 0 Å². The standard InChI is InChI=1S/C17H25N3O3/c1-3-23-15-9-5-4-8-14(15)19-16(21)12-20-10-6-7-13(11-20)17(22)18-2/h4-5,8-9,13H,3,6-7,10-12H2,1-2H3,(H,18,22)(H,19,21). The first-order chi connectivity index (χ1) is 11.1. The molecule has 1 atom stereocenters. The average Bonchev–Trinajstić information content (AvgIpc) is 2.56. The average molecular weight is 319 g/mol. The van der Waals surface area contributed by atoms with Gasteiger partial charge in [0.25, 0.3) is 0 Å². The van der Waals surface area contributed by atoms with E-state index in [1.165, 1.54) is 0 Å². The van der Waals surface area contributed by atoms with Crippen LogP contribution in [0.25, 0.3) is 0 Å². The Balaban J connectivity index is 1.91. The first-order valence-corrected chi connectivity index (χ1v) is 8.09. The number of ether oxygens (including phenoxy) is 1. The fourth-order valence-corrected chi connectivity index (χ4v) is 2.86. The van der Waals surface area contributed by atoms with Crippen molar-refractivity contribution >= 4 is 17.5 Å². The molecule has 0 radical (unpaired) electrons. The molecule has 6 heteroatoms. The van der Waals surface area contributed by atoms with Crippen LogP contribution in [0.2, 0.25) is 0 Å². The number of anilines is 1. The summed E-state index contributed by atoms with van der Waals surface area (Å²) >= 11 is 0.